The number of piperidine rings is 1. The number of allylic oxidation sites excluding steroid dienone is 1. The van der Waals surface area contributed by atoms with Crippen LogP contribution in [0.5, 0.6) is 0 Å². The highest BCUT2D eigenvalue weighted by molar-refractivity contribution is 5.26. The van der Waals surface area contributed by atoms with Crippen molar-refractivity contribution in [3.8, 4) is 0 Å². The van der Waals surface area contributed by atoms with Gasteiger partial charge in [-0.15, -0.1) is 0 Å². The number of aliphatic hydroxyl groups is 1. The second-order valence-electron chi connectivity index (χ2n) is 12.8. The molecule has 0 aromatic rings. The summed E-state index contributed by atoms with van der Waals surface area (Å²) >= 11 is 0. The standard InChI is InChI=1S/C27H43NO/c1-16-5-8-23-17(2)25-24(28(23)15-16)14-22-20-7-6-18-13-19(29)9-11-26(18,3)21(20)10-12-27(22,25)4/h6,16-17,19-25,29H,5,7-15H2,1-4H3/t16-,17+,19+,20-,21+,22+,23+,24-,25-,26+,27+/m1/s1. The highest BCUT2D eigenvalue weighted by atomic mass is 16.3. The van der Waals surface area contributed by atoms with Crippen LogP contribution in [-0.2, 0) is 0 Å². The van der Waals surface area contributed by atoms with Crippen LogP contribution in [-0.4, -0.2) is 34.7 Å². The van der Waals surface area contributed by atoms with Gasteiger partial charge in [0.1, 0.15) is 0 Å². The van der Waals surface area contributed by atoms with Crippen LogP contribution < -0.4 is 0 Å². The highest BCUT2D eigenvalue weighted by Gasteiger charge is 2.66. The maximum atomic E-state index is 10.3. The third-order valence-electron chi connectivity index (χ3n) is 11.7. The molecule has 0 unspecified atom stereocenters. The largest absolute Gasteiger partial charge is 0.393 e. The van der Waals surface area contributed by atoms with Crippen molar-refractivity contribution in [2.24, 2.45) is 46.3 Å². The number of hydrogen-bond acceptors (Lipinski definition) is 2. The molecular formula is C27H43NO. The van der Waals surface area contributed by atoms with Gasteiger partial charge in [0.15, 0.2) is 0 Å². The molecular weight excluding hydrogens is 354 g/mol. The Morgan fingerprint density at radius 3 is 2.66 bits per heavy atom. The van der Waals surface area contributed by atoms with E-state index < -0.39 is 0 Å². The second-order valence-corrected chi connectivity index (χ2v) is 12.8. The van der Waals surface area contributed by atoms with Crippen molar-refractivity contribution in [1.29, 1.82) is 0 Å². The Balaban J connectivity index is 1.33. The Bertz CT molecular complexity index is 715. The number of rotatable bonds is 0. The van der Waals surface area contributed by atoms with Crippen LogP contribution in [0.1, 0.15) is 85.5 Å². The summed E-state index contributed by atoms with van der Waals surface area (Å²) in [4.78, 5) is 3.02. The molecule has 11 atom stereocenters. The first-order chi connectivity index (χ1) is 13.8. The van der Waals surface area contributed by atoms with E-state index in [1.54, 1.807) is 5.57 Å². The topological polar surface area (TPSA) is 23.5 Å². The molecule has 0 aromatic carbocycles. The van der Waals surface area contributed by atoms with Crippen LogP contribution in [0.25, 0.3) is 0 Å². The number of nitrogens with zero attached hydrogens (tertiary/aromatic N) is 1. The van der Waals surface area contributed by atoms with Crippen molar-refractivity contribution in [3.05, 3.63) is 11.6 Å². The first-order valence-electron chi connectivity index (χ1n) is 13.0. The average Bonchev–Trinajstić information content (AvgIpc) is 3.15. The lowest BCUT2D eigenvalue weighted by Crippen LogP contribution is -2.51. The van der Waals surface area contributed by atoms with E-state index in [1.807, 2.05) is 0 Å². The Kier molecular flexibility index (Phi) is 4.23. The SMILES string of the molecule is C[C@@H]1CC[C@H]2[C@H](C)[C@@H]3[C@@H](C[C@H]4[C@@H]5CC=C6C[C@@H](O)CC[C@]6(C)[C@H]5CC[C@]34C)N2C1. The van der Waals surface area contributed by atoms with Crippen LogP contribution in [0, 0.1) is 46.3 Å². The molecule has 0 aromatic heterocycles. The van der Waals surface area contributed by atoms with E-state index >= 15 is 0 Å². The van der Waals surface area contributed by atoms with E-state index in [4.69, 9.17) is 0 Å². The van der Waals surface area contributed by atoms with Gasteiger partial charge < -0.3 is 5.11 Å². The minimum Gasteiger partial charge on any atom is -0.393 e. The molecule has 0 amide bonds. The fraction of sp³-hybridized carbons (Fsp3) is 0.926. The van der Waals surface area contributed by atoms with E-state index in [0.29, 0.717) is 10.8 Å². The molecule has 162 valence electrons. The monoisotopic (exact) mass is 397 g/mol. The number of hydrogen-bond donors (Lipinski definition) is 1. The van der Waals surface area contributed by atoms with Gasteiger partial charge >= 0.3 is 0 Å². The van der Waals surface area contributed by atoms with Crippen LogP contribution in [0.15, 0.2) is 11.6 Å². The fourth-order valence-corrected chi connectivity index (χ4v) is 10.4. The Morgan fingerprint density at radius 2 is 1.83 bits per heavy atom. The fourth-order valence-electron chi connectivity index (χ4n) is 10.4. The van der Waals surface area contributed by atoms with E-state index in [0.717, 1.165) is 60.4 Å². The molecule has 6 aliphatic rings. The molecule has 0 radical (unpaired) electrons. The summed E-state index contributed by atoms with van der Waals surface area (Å²) in [5, 5.41) is 10.3. The lowest BCUT2D eigenvalue weighted by molar-refractivity contribution is -0.0574. The maximum absolute atomic E-state index is 10.3. The van der Waals surface area contributed by atoms with Crippen LogP contribution in [0.4, 0.5) is 0 Å². The zero-order chi connectivity index (χ0) is 20.1. The van der Waals surface area contributed by atoms with Gasteiger partial charge in [0.2, 0.25) is 0 Å². The van der Waals surface area contributed by atoms with Gasteiger partial charge in [0.25, 0.3) is 0 Å². The summed E-state index contributed by atoms with van der Waals surface area (Å²) in [7, 11) is 0. The number of fused-ring (bicyclic) bond motifs is 9. The first kappa shape index (κ1) is 19.4. The summed E-state index contributed by atoms with van der Waals surface area (Å²) in [6.45, 7) is 11.8. The summed E-state index contributed by atoms with van der Waals surface area (Å²) in [5.41, 5.74) is 2.58. The van der Waals surface area contributed by atoms with E-state index in [9.17, 15) is 5.11 Å². The van der Waals surface area contributed by atoms with Gasteiger partial charge in [0, 0.05) is 18.6 Å². The first-order valence-corrected chi connectivity index (χ1v) is 13.0. The molecule has 2 nitrogen and oxygen atoms in total. The molecule has 0 bridgehead atoms. The predicted molar refractivity (Wildman–Crippen MR) is 118 cm³/mol. The zero-order valence-corrected chi connectivity index (χ0v) is 19.2. The van der Waals surface area contributed by atoms with Gasteiger partial charge in [-0.25, -0.2) is 0 Å². The number of aliphatic hydroxyl groups excluding tert-OH is 1. The Morgan fingerprint density at radius 1 is 1.00 bits per heavy atom. The molecule has 2 heteroatoms. The molecule has 29 heavy (non-hydrogen) atoms. The zero-order valence-electron chi connectivity index (χ0n) is 19.2. The van der Waals surface area contributed by atoms with Crippen LogP contribution in [0.2, 0.25) is 0 Å². The van der Waals surface area contributed by atoms with Gasteiger partial charge in [-0.3, -0.25) is 4.90 Å². The van der Waals surface area contributed by atoms with Gasteiger partial charge in [-0.1, -0.05) is 39.3 Å². The summed E-state index contributed by atoms with van der Waals surface area (Å²) in [6, 6.07) is 1.75. The van der Waals surface area contributed by atoms with Gasteiger partial charge in [0.05, 0.1) is 6.10 Å². The normalized spacial score (nSPS) is 59.2. The molecule has 2 heterocycles. The van der Waals surface area contributed by atoms with Crippen molar-refractivity contribution < 1.29 is 5.11 Å². The molecule has 2 saturated heterocycles. The van der Waals surface area contributed by atoms with Gasteiger partial charge in [-0.05, 0) is 104 Å². The van der Waals surface area contributed by atoms with Crippen molar-refractivity contribution >= 4 is 0 Å². The van der Waals surface area contributed by atoms with Crippen molar-refractivity contribution in [1.82, 2.24) is 4.90 Å². The lowest BCUT2D eigenvalue weighted by Gasteiger charge is -2.58. The van der Waals surface area contributed by atoms with E-state index in [2.05, 4.69) is 38.7 Å². The van der Waals surface area contributed by atoms with E-state index in [-0.39, 0.29) is 6.10 Å². The summed E-state index contributed by atoms with van der Waals surface area (Å²) in [6.07, 6.45) is 14.3. The van der Waals surface area contributed by atoms with Crippen molar-refractivity contribution in [2.45, 2.75) is 104 Å². The van der Waals surface area contributed by atoms with Gasteiger partial charge in [-0.2, -0.15) is 0 Å². The van der Waals surface area contributed by atoms with Crippen LogP contribution >= 0.6 is 0 Å². The second kappa shape index (κ2) is 6.35. The minimum atomic E-state index is -0.0792. The molecule has 0 spiro atoms. The molecule has 2 aliphatic heterocycles. The molecule has 3 saturated carbocycles. The summed E-state index contributed by atoms with van der Waals surface area (Å²) < 4.78 is 0. The lowest BCUT2D eigenvalue weighted by atomic mass is 9.47. The Labute approximate surface area is 178 Å². The van der Waals surface area contributed by atoms with Crippen molar-refractivity contribution in [2.75, 3.05) is 6.54 Å². The van der Waals surface area contributed by atoms with Crippen LogP contribution in [0.3, 0.4) is 0 Å². The van der Waals surface area contributed by atoms with Crippen molar-refractivity contribution in [3.63, 3.8) is 0 Å². The third-order valence-corrected chi connectivity index (χ3v) is 11.7. The van der Waals surface area contributed by atoms with E-state index in [1.165, 1.54) is 51.5 Å². The highest BCUT2D eigenvalue weighted by Crippen LogP contribution is 2.69. The smallest absolute Gasteiger partial charge is 0.0577 e. The molecule has 4 aliphatic carbocycles. The summed E-state index contributed by atoms with van der Waals surface area (Å²) in [5.74, 6) is 5.44. The minimum absolute atomic E-state index is 0.0792. The quantitative estimate of drug-likeness (QED) is 0.534. The maximum Gasteiger partial charge on any atom is 0.0577 e. The average molecular weight is 398 g/mol. The predicted octanol–water partition coefficient (Wildman–Crippen LogP) is 5.66. The molecule has 6 rings (SSSR count). The Hall–Kier alpha value is -0.340. The third kappa shape index (κ3) is 2.48. The molecule has 5 fully saturated rings. The molecule has 1 N–H and O–H groups in total.